The number of aromatic nitrogens is 2. The first-order valence-electron chi connectivity index (χ1n) is 8.56. The van der Waals surface area contributed by atoms with Gasteiger partial charge in [0.2, 0.25) is 5.91 Å². The molecule has 0 saturated carbocycles. The van der Waals surface area contributed by atoms with Gasteiger partial charge in [0.1, 0.15) is 0 Å². The van der Waals surface area contributed by atoms with Crippen LogP contribution in [-0.2, 0) is 11.2 Å². The molecule has 3 aromatic rings. The first-order valence-corrected chi connectivity index (χ1v) is 8.56. The van der Waals surface area contributed by atoms with Crippen molar-refractivity contribution in [3.05, 3.63) is 102 Å². The molecule has 1 amide bonds. The van der Waals surface area contributed by atoms with Crippen LogP contribution < -0.4 is 5.32 Å². The maximum atomic E-state index is 12.4. The predicted molar refractivity (Wildman–Crippen MR) is 103 cm³/mol. The quantitative estimate of drug-likeness (QED) is 0.691. The molecule has 130 valence electrons. The summed E-state index contributed by atoms with van der Waals surface area (Å²) >= 11 is 0. The van der Waals surface area contributed by atoms with Gasteiger partial charge in [-0.2, -0.15) is 0 Å². The van der Waals surface area contributed by atoms with Crippen LogP contribution in [0.1, 0.15) is 28.4 Å². The molecule has 1 aromatic carbocycles. The van der Waals surface area contributed by atoms with E-state index in [2.05, 4.69) is 46.5 Å². The van der Waals surface area contributed by atoms with Crippen molar-refractivity contribution in [3.8, 4) is 0 Å². The van der Waals surface area contributed by atoms with Crippen molar-refractivity contribution in [1.82, 2.24) is 15.3 Å². The van der Waals surface area contributed by atoms with Crippen LogP contribution in [0.25, 0.3) is 6.08 Å². The van der Waals surface area contributed by atoms with E-state index in [0.29, 0.717) is 6.42 Å². The van der Waals surface area contributed by atoms with Crippen LogP contribution in [0, 0.1) is 6.92 Å². The van der Waals surface area contributed by atoms with Gasteiger partial charge in [-0.05, 0) is 54.8 Å². The number of benzene rings is 1. The highest BCUT2D eigenvalue weighted by molar-refractivity contribution is 5.91. The molecule has 0 aliphatic carbocycles. The third-order valence-electron chi connectivity index (χ3n) is 4.05. The Balaban J connectivity index is 1.74. The second kappa shape index (κ2) is 8.72. The Morgan fingerprint density at radius 3 is 2.50 bits per heavy atom. The number of pyridine rings is 2. The van der Waals surface area contributed by atoms with E-state index in [0.717, 1.165) is 16.8 Å². The highest BCUT2D eigenvalue weighted by Crippen LogP contribution is 2.17. The summed E-state index contributed by atoms with van der Waals surface area (Å²) in [6.45, 7) is 2.06. The van der Waals surface area contributed by atoms with Gasteiger partial charge in [-0.3, -0.25) is 14.8 Å². The highest BCUT2D eigenvalue weighted by atomic mass is 16.1. The predicted octanol–water partition coefficient (Wildman–Crippen LogP) is 3.90. The van der Waals surface area contributed by atoms with Gasteiger partial charge >= 0.3 is 0 Å². The van der Waals surface area contributed by atoms with Crippen LogP contribution in [0.5, 0.6) is 0 Å². The topological polar surface area (TPSA) is 54.9 Å². The van der Waals surface area contributed by atoms with Crippen molar-refractivity contribution < 1.29 is 4.79 Å². The van der Waals surface area contributed by atoms with Gasteiger partial charge in [-0.1, -0.05) is 35.9 Å². The largest absolute Gasteiger partial charge is 0.344 e. The van der Waals surface area contributed by atoms with Gasteiger partial charge in [-0.25, -0.2) is 0 Å². The number of hydrogen-bond acceptors (Lipinski definition) is 3. The van der Waals surface area contributed by atoms with Crippen LogP contribution in [0.2, 0.25) is 0 Å². The van der Waals surface area contributed by atoms with Crippen molar-refractivity contribution in [2.75, 3.05) is 0 Å². The number of carbonyl (C=O) groups is 1. The van der Waals surface area contributed by atoms with Crippen molar-refractivity contribution in [3.63, 3.8) is 0 Å². The molecule has 1 N–H and O–H groups in total. The summed E-state index contributed by atoms with van der Waals surface area (Å²) < 4.78 is 0. The summed E-state index contributed by atoms with van der Waals surface area (Å²) in [5.74, 6) is -0.149. The summed E-state index contributed by atoms with van der Waals surface area (Å²) in [5.41, 5.74) is 4.15. The van der Waals surface area contributed by atoms with E-state index in [1.165, 1.54) is 5.56 Å². The Labute approximate surface area is 153 Å². The molecule has 0 aliphatic heterocycles. The lowest BCUT2D eigenvalue weighted by molar-refractivity contribution is -0.117. The third-order valence-corrected chi connectivity index (χ3v) is 4.05. The SMILES string of the molecule is Cc1ccc(CC(NC(=O)/C=C/c2ccncc2)c2ccccn2)cc1. The molecule has 0 aliphatic rings. The fraction of sp³-hybridized carbons (Fsp3) is 0.136. The first kappa shape index (κ1) is 17.5. The number of amides is 1. The summed E-state index contributed by atoms with van der Waals surface area (Å²) in [7, 11) is 0. The summed E-state index contributed by atoms with van der Waals surface area (Å²) in [6, 6.07) is 17.6. The lowest BCUT2D eigenvalue weighted by Gasteiger charge is -2.17. The number of nitrogens with zero attached hydrogens (tertiary/aromatic N) is 2. The van der Waals surface area contributed by atoms with E-state index < -0.39 is 0 Å². The minimum absolute atomic E-state index is 0.149. The van der Waals surface area contributed by atoms with Gasteiger partial charge in [0.25, 0.3) is 0 Å². The molecule has 4 heteroatoms. The molecule has 0 fully saturated rings. The number of aryl methyl sites for hydroxylation is 1. The molecular weight excluding hydrogens is 322 g/mol. The highest BCUT2D eigenvalue weighted by Gasteiger charge is 2.15. The monoisotopic (exact) mass is 343 g/mol. The maximum absolute atomic E-state index is 12.4. The number of nitrogens with one attached hydrogen (secondary N) is 1. The Morgan fingerprint density at radius 1 is 1.04 bits per heavy atom. The van der Waals surface area contributed by atoms with E-state index in [1.54, 1.807) is 30.7 Å². The molecule has 0 bridgehead atoms. The number of rotatable bonds is 6. The Hall–Kier alpha value is -3.27. The molecule has 1 atom stereocenters. The number of carbonyl (C=O) groups excluding carboxylic acids is 1. The first-order chi connectivity index (χ1) is 12.7. The van der Waals surface area contributed by atoms with Crippen LogP contribution >= 0.6 is 0 Å². The average Bonchev–Trinajstić information content (AvgIpc) is 2.69. The fourth-order valence-electron chi connectivity index (χ4n) is 2.64. The van der Waals surface area contributed by atoms with E-state index in [1.807, 2.05) is 30.3 Å². The minimum Gasteiger partial charge on any atom is -0.344 e. The maximum Gasteiger partial charge on any atom is 0.244 e. The zero-order valence-electron chi connectivity index (χ0n) is 14.7. The van der Waals surface area contributed by atoms with Crippen LogP contribution in [0.15, 0.2) is 79.3 Å². The van der Waals surface area contributed by atoms with Gasteiger partial charge in [0.15, 0.2) is 0 Å². The van der Waals surface area contributed by atoms with Gasteiger partial charge in [-0.15, -0.1) is 0 Å². The Morgan fingerprint density at radius 2 is 1.81 bits per heavy atom. The van der Waals surface area contributed by atoms with Crippen LogP contribution in [0.3, 0.4) is 0 Å². The lowest BCUT2D eigenvalue weighted by Crippen LogP contribution is -2.29. The molecule has 3 rings (SSSR count). The van der Waals surface area contributed by atoms with Crippen molar-refractivity contribution in [2.45, 2.75) is 19.4 Å². The lowest BCUT2D eigenvalue weighted by atomic mass is 10.0. The number of hydrogen-bond donors (Lipinski definition) is 1. The molecule has 0 spiro atoms. The smallest absolute Gasteiger partial charge is 0.244 e. The molecular formula is C22H21N3O. The minimum atomic E-state index is -0.187. The Bertz CT molecular complexity index is 859. The molecule has 0 saturated heterocycles. The standard InChI is InChI=1S/C22H21N3O/c1-17-5-7-19(8-6-17)16-21(20-4-2-3-13-24-20)25-22(26)10-9-18-11-14-23-15-12-18/h2-15,21H,16H2,1H3,(H,25,26)/b10-9+. The van der Waals surface area contributed by atoms with Crippen molar-refractivity contribution in [2.24, 2.45) is 0 Å². The van der Waals surface area contributed by atoms with Crippen molar-refractivity contribution >= 4 is 12.0 Å². The molecule has 2 aromatic heterocycles. The second-order valence-corrected chi connectivity index (χ2v) is 6.12. The summed E-state index contributed by atoms with van der Waals surface area (Å²) in [4.78, 5) is 20.8. The van der Waals surface area contributed by atoms with Crippen LogP contribution in [-0.4, -0.2) is 15.9 Å². The fourth-order valence-corrected chi connectivity index (χ4v) is 2.64. The zero-order chi connectivity index (χ0) is 18.2. The molecule has 1 unspecified atom stereocenters. The van der Waals surface area contributed by atoms with Gasteiger partial charge in [0.05, 0.1) is 11.7 Å². The molecule has 0 radical (unpaired) electrons. The zero-order valence-corrected chi connectivity index (χ0v) is 14.7. The van der Waals surface area contributed by atoms with Crippen molar-refractivity contribution in [1.29, 1.82) is 0 Å². The molecule has 26 heavy (non-hydrogen) atoms. The summed E-state index contributed by atoms with van der Waals surface area (Å²) in [6.07, 6.45) is 9.15. The van der Waals surface area contributed by atoms with E-state index in [9.17, 15) is 4.79 Å². The van der Waals surface area contributed by atoms with E-state index in [-0.39, 0.29) is 11.9 Å². The van der Waals surface area contributed by atoms with E-state index >= 15 is 0 Å². The molecule has 2 heterocycles. The second-order valence-electron chi connectivity index (χ2n) is 6.12. The average molecular weight is 343 g/mol. The van der Waals surface area contributed by atoms with E-state index in [4.69, 9.17) is 0 Å². The molecule has 4 nitrogen and oxygen atoms in total. The van der Waals surface area contributed by atoms with Gasteiger partial charge < -0.3 is 5.32 Å². The Kier molecular flexibility index (Phi) is 5.88. The normalized spacial score (nSPS) is 12.0. The van der Waals surface area contributed by atoms with Crippen LogP contribution in [0.4, 0.5) is 0 Å². The van der Waals surface area contributed by atoms with Gasteiger partial charge in [0, 0.05) is 24.7 Å². The third kappa shape index (κ3) is 5.11. The summed E-state index contributed by atoms with van der Waals surface area (Å²) in [5, 5.41) is 3.06.